The zero-order valence-electron chi connectivity index (χ0n) is 15.0. The van der Waals surface area contributed by atoms with E-state index in [4.69, 9.17) is 4.74 Å². The van der Waals surface area contributed by atoms with E-state index in [1.54, 1.807) is 0 Å². The molecule has 3 heteroatoms. The topological polar surface area (TPSA) is 24.5 Å². The van der Waals surface area contributed by atoms with Crippen LogP contribution in [0, 0.1) is 0 Å². The maximum atomic E-state index is 5.96. The average molecular weight is 287 g/mol. The van der Waals surface area contributed by atoms with Gasteiger partial charge in [0.2, 0.25) is 0 Å². The van der Waals surface area contributed by atoms with E-state index < -0.39 is 0 Å². The molecule has 0 rings (SSSR count). The molecule has 0 aromatic carbocycles. The van der Waals surface area contributed by atoms with Gasteiger partial charge in [-0.05, 0) is 52.7 Å². The van der Waals surface area contributed by atoms with Crippen LogP contribution in [-0.2, 0) is 4.74 Å². The van der Waals surface area contributed by atoms with E-state index in [1.807, 2.05) is 0 Å². The minimum Gasteiger partial charge on any atom is -0.377 e. The van der Waals surface area contributed by atoms with E-state index in [2.05, 4.69) is 58.7 Å². The van der Waals surface area contributed by atoms with Gasteiger partial charge in [0.05, 0.1) is 12.7 Å². The Morgan fingerprint density at radius 2 is 1.55 bits per heavy atom. The number of ether oxygens (including phenoxy) is 1. The Balaban J connectivity index is 5.15. The molecule has 122 valence electrons. The minimum atomic E-state index is 0.202. The summed E-state index contributed by atoms with van der Waals surface area (Å²) in [6.45, 7) is 19.7. The molecule has 1 unspecified atom stereocenters. The van der Waals surface area contributed by atoms with Crippen LogP contribution in [0.5, 0.6) is 0 Å². The van der Waals surface area contributed by atoms with Crippen LogP contribution < -0.4 is 5.32 Å². The van der Waals surface area contributed by atoms with Crippen molar-refractivity contribution in [2.45, 2.75) is 85.4 Å². The minimum absolute atomic E-state index is 0.202. The van der Waals surface area contributed by atoms with E-state index in [1.165, 1.54) is 6.42 Å². The molecule has 0 heterocycles. The standard InChI is InChI=1S/C17H38N2O/c1-8-13-18-16(14-20-15(6)7)17(9-2,10-3)19(11-4)12-5/h15-16,18H,8-14H2,1-7H3. The lowest BCUT2D eigenvalue weighted by Crippen LogP contribution is -2.62. The third-order valence-corrected chi connectivity index (χ3v) is 4.50. The van der Waals surface area contributed by atoms with Gasteiger partial charge < -0.3 is 10.1 Å². The normalized spacial score (nSPS) is 14.2. The SMILES string of the molecule is CCCNC(COC(C)C)C(CC)(CC)N(CC)CC. The molecule has 0 aliphatic heterocycles. The lowest BCUT2D eigenvalue weighted by Gasteiger charge is -2.48. The first-order valence-corrected chi connectivity index (χ1v) is 8.62. The highest BCUT2D eigenvalue weighted by Gasteiger charge is 2.39. The fourth-order valence-corrected chi connectivity index (χ4v) is 3.28. The quantitative estimate of drug-likeness (QED) is 0.592. The van der Waals surface area contributed by atoms with Gasteiger partial charge in [-0.1, -0.05) is 34.6 Å². The molecule has 1 N–H and O–H groups in total. The predicted octanol–water partition coefficient (Wildman–Crippen LogP) is 3.68. The van der Waals surface area contributed by atoms with Crippen molar-refractivity contribution >= 4 is 0 Å². The lowest BCUT2D eigenvalue weighted by molar-refractivity contribution is -0.0129. The maximum Gasteiger partial charge on any atom is 0.0641 e. The van der Waals surface area contributed by atoms with Gasteiger partial charge in [-0.2, -0.15) is 0 Å². The highest BCUT2D eigenvalue weighted by Crippen LogP contribution is 2.28. The van der Waals surface area contributed by atoms with Crippen LogP contribution in [0.25, 0.3) is 0 Å². The first kappa shape index (κ1) is 19.9. The summed E-state index contributed by atoms with van der Waals surface area (Å²) < 4.78 is 5.96. The van der Waals surface area contributed by atoms with E-state index in [9.17, 15) is 0 Å². The van der Waals surface area contributed by atoms with E-state index in [-0.39, 0.29) is 5.54 Å². The van der Waals surface area contributed by atoms with Crippen LogP contribution in [0.2, 0.25) is 0 Å². The monoisotopic (exact) mass is 286 g/mol. The van der Waals surface area contributed by atoms with Gasteiger partial charge in [-0.25, -0.2) is 0 Å². The molecule has 0 aliphatic rings. The second-order valence-electron chi connectivity index (χ2n) is 5.87. The summed E-state index contributed by atoms with van der Waals surface area (Å²) in [4.78, 5) is 2.62. The molecule has 0 fully saturated rings. The number of hydrogen-bond acceptors (Lipinski definition) is 3. The molecule has 0 saturated heterocycles. The van der Waals surface area contributed by atoms with E-state index in [0.717, 1.165) is 39.1 Å². The van der Waals surface area contributed by atoms with Crippen LogP contribution in [0.3, 0.4) is 0 Å². The molecule has 0 amide bonds. The highest BCUT2D eigenvalue weighted by molar-refractivity contribution is 4.98. The van der Waals surface area contributed by atoms with Gasteiger partial charge in [0.15, 0.2) is 0 Å². The molecule has 0 aromatic heterocycles. The van der Waals surface area contributed by atoms with Crippen LogP contribution in [0.15, 0.2) is 0 Å². The number of hydrogen-bond donors (Lipinski definition) is 1. The van der Waals surface area contributed by atoms with Crippen molar-refractivity contribution in [1.82, 2.24) is 10.2 Å². The Kier molecular flexibility index (Phi) is 10.5. The summed E-state index contributed by atoms with van der Waals surface area (Å²) in [7, 11) is 0. The first-order valence-electron chi connectivity index (χ1n) is 8.62. The third-order valence-electron chi connectivity index (χ3n) is 4.50. The molecular weight excluding hydrogens is 248 g/mol. The third kappa shape index (κ3) is 5.34. The van der Waals surface area contributed by atoms with Gasteiger partial charge in [0, 0.05) is 11.6 Å². The van der Waals surface area contributed by atoms with E-state index >= 15 is 0 Å². The van der Waals surface area contributed by atoms with Crippen molar-refractivity contribution in [2.24, 2.45) is 0 Å². The summed E-state index contributed by atoms with van der Waals surface area (Å²) in [5, 5.41) is 3.75. The fraction of sp³-hybridized carbons (Fsp3) is 1.00. The molecule has 0 saturated carbocycles. The van der Waals surface area contributed by atoms with Crippen molar-refractivity contribution in [1.29, 1.82) is 0 Å². The molecule has 3 nitrogen and oxygen atoms in total. The van der Waals surface area contributed by atoms with Gasteiger partial charge >= 0.3 is 0 Å². The van der Waals surface area contributed by atoms with Crippen LogP contribution >= 0.6 is 0 Å². The Hall–Kier alpha value is -0.120. The summed E-state index contributed by atoms with van der Waals surface area (Å²) in [5.41, 5.74) is 0.202. The lowest BCUT2D eigenvalue weighted by atomic mass is 9.82. The van der Waals surface area contributed by atoms with Crippen molar-refractivity contribution in [3.63, 3.8) is 0 Å². The average Bonchev–Trinajstić information content (AvgIpc) is 2.45. The highest BCUT2D eigenvalue weighted by atomic mass is 16.5. The van der Waals surface area contributed by atoms with Gasteiger partial charge in [-0.15, -0.1) is 0 Å². The molecule has 0 aromatic rings. The molecular formula is C17H38N2O. The first-order chi connectivity index (χ1) is 9.52. The van der Waals surface area contributed by atoms with Gasteiger partial charge in [0.1, 0.15) is 0 Å². The summed E-state index contributed by atoms with van der Waals surface area (Å²) >= 11 is 0. The van der Waals surface area contributed by atoms with Crippen LogP contribution in [0.1, 0.15) is 67.7 Å². The van der Waals surface area contributed by atoms with Crippen LogP contribution in [-0.4, -0.2) is 48.8 Å². The second kappa shape index (κ2) is 10.6. The Morgan fingerprint density at radius 1 is 1.00 bits per heavy atom. The molecule has 0 aliphatic carbocycles. The van der Waals surface area contributed by atoms with Crippen LogP contribution in [0.4, 0.5) is 0 Å². The van der Waals surface area contributed by atoms with Gasteiger partial charge in [-0.3, -0.25) is 4.90 Å². The maximum absolute atomic E-state index is 5.96. The van der Waals surface area contributed by atoms with Crippen molar-refractivity contribution in [3.05, 3.63) is 0 Å². The molecule has 0 radical (unpaired) electrons. The Bertz CT molecular complexity index is 223. The molecule has 20 heavy (non-hydrogen) atoms. The zero-order chi connectivity index (χ0) is 15.6. The number of likely N-dealkylation sites (N-methyl/N-ethyl adjacent to an activating group) is 1. The molecule has 1 atom stereocenters. The zero-order valence-corrected chi connectivity index (χ0v) is 15.0. The summed E-state index contributed by atoms with van der Waals surface area (Å²) in [6.07, 6.45) is 3.78. The molecule has 0 spiro atoms. The predicted molar refractivity (Wildman–Crippen MR) is 89.4 cm³/mol. The number of nitrogens with zero attached hydrogens (tertiary/aromatic N) is 1. The van der Waals surface area contributed by atoms with Crippen molar-refractivity contribution in [3.8, 4) is 0 Å². The fourth-order valence-electron chi connectivity index (χ4n) is 3.28. The smallest absolute Gasteiger partial charge is 0.0641 e. The largest absolute Gasteiger partial charge is 0.377 e. The van der Waals surface area contributed by atoms with Gasteiger partial charge in [0.25, 0.3) is 0 Å². The second-order valence-corrected chi connectivity index (χ2v) is 5.87. The van der Waals surface area contributed by atoms with Crippen molar-refractivity contribution in [2.75, 3.05) is 26.2 Å². The number of nitrogens with one attached hydrogen (secondary N) is 1. The van der Waals surface area contributed by atoms with E-state index in [0.29, 0.717) is 12.1 Å². The summed E-state index contributed by atoms with van der Waals surface area (Å²) in [6, 6.07) is 0.403. The summed E-state index contributed by atoms with van der Waals surface area (Å²) in [5.74, 6) is 0. The molecule has 0 bridgehead atoms. The Morgan fingerprint density at radius 3 is 1.90 bits per heavy atom. The number of rotatable bonds is 12. The van der Waals surface area contributed by atoms with Crippen molar-refractivity contribution < 1.29 is 4.74 Å². The Labute approximate surface area is 127 Å².